The van der Waals surface area contributed by atoms with E-state index < -0.39 is 28.1 Å². The number of para-hydroxylation sites is 1. The Morgan fingerprint density at radius 1 is 1.12 bits per heavy atom. The van der Waals surface area contributed by atoms with Crippen molar-refractivity contribution < 1.29 is 27.0 Å². The molecule has 2 atom stereocenters. The molecule has 0 amide bonds. The number of methoxy groups -OCH3 is 3. The summed E-state index contributed by atoms with van der Waals surface area (Å²) in [6, 6.07) is 5.00. The number of rotatable bonds is 11. The van der Waals surface area contributed by atoms with E-state index >= 15 is 0 Å². The summed E-state index contributed by atoms with van der Waals surface area (Å²) in [5.74, 6) is 0.815. The number of nitrogens with zero attached hydrogens (tertiary/aromatic N) is 5. The highest BCUT2D eigenvalue weighted by Gasteiger charge is 2.34. The SMILES string of the molecule is COc1cccc(OC)c1-n1c(CCF)nnc1NS(=O)(=O)[C@@H](C)[C@H](OC)c1ncc(Cl)cn1. The molecule has 184 valence electrons. The van der Waals surface area contributed by atoms with Gasteiger partial charge in [0.1, 0.15) is 34.4 Å². The molecule has 0 aliphatic rings. The van der Waals surface area contributed by atoms with Crippen LogP contribution in [0.25, 0.3) is 5.69 Å². The zero-order valence-electron chi connectivity index (χ0n) is 18.9. The molecule has 3 aromatic rings. The maximum absolute atomic E-state index is 13.3. The van der Waals surface area contributed by atoms with Crippen LogP contribution in [0.15, 0.2) is 30.6 Å². The van der Waals surface area contributed by atoms with E-state index in [1.165, 1.54) is 45.2 Å². The number of hydrogen-bond acceptors (Lipinski definition) is 9. The third-order valence-electron chi connectivity index (χ3n) is 4.97. The Labute approximate surface area is 201 Å². The van der Waals surface area contributed by atoms with Gasteiger partial charge in [-0.05, 0) is 19.1 Å². The van der Waals surface area contributed by atoms with Crippen molar-refractivity contribution in [2.24, 2.45) is 0 Å². The molecular weight excluding hydrogens is 491 g/mol. The van der Waals surface area contributed by atoms with Crippen LogP contribution in [-0.2, 0) is 21.2 Å². The Hall–Kier alpha value is -3.03. The van der Waals surface area contributed by atoms with Crippen molar-refractivity contribution in [1.82, 2.24) is 24.7 Å². The summed E-state index contributed by atoms with van der Waals surface area (Å²) >= 11 is 5.83. The molecule has 1 aromatic carbocycles. The van der Waals surface area contributed by atoms with Crippen LogP contribution in [0.2, 0.25) is 5.02 Å². The predicted molar refractivity (Wildman–Crippen MR) is 123 cm³/mol. The highest BCUT2D eigenvalue weighted by Crippen LogP contribution is 2.36. The summed E-state index contributed by atoms with van der Waals surface area (Å²) in [5, 5.41) is 7.07. The molecule has 0 aliphatic heterocycles. The van der Waals surface area contributed by atoms with Crippen molar-refractivity contribution in [2.75, 3.05) is 32.7 Å². The fourth-order valence-electron chi connectivity index (χ4n) is 3.28. The molecule has 0 radical (unpaired) electrons. The predicted octanol–water partition coefficient (Wildman–Crippen LogP) is 2.76. The molecule has 0 bridgehead atoms. The number of aryl methyl sites for hydroxylation is 1. The second-order valence-electron chi connectivity index (χ2n) is 6.99. The lowest BCUT2D eigenvalue weighted by Crippen LogP contribution is -2.33. The molecule has 2 heterocycles. The molecule has 0 unspecified atom stereocenters. The van der Waals surface area contributed by atoms with Crippen LogP contribution in [0.1, 0.15) is 24.7 Å². The van der Waals surface area contributed by atoms with Gasteiger partial charge in [0.15, 0.2) is 5.82 Å². The lowest BCUT2D eigenvalue weighted by atomic mass is 10.2. The minimum atomic E-state index is -4.14. The zero-order valence-corrected chi connectivity index (χ0v) is 20.5. The minimum Gasteiger partial charge on any atom is -0.494 e. The Bertz CT molecular complexity index is 1200. The Morgan fingerprint density at radius 2 is 1.74 bits per heavy atom. The first-order valence-corrected chi connectivity index (χ1v) is 11.9. The Balaban J connectivity index is 2.05. The summed E-state index contributed by atoms with van der Waals surface area (Å²) < 4.78 is 59.9. The first kappa shape index (κ1) is 25.6. The fraction of sp³-hybridized carbons (Fsp3) is 0.400. The summed E-state index contributed by atoms with van der Waals surface area (Å²) in [4.78, 5) is 8.12. The van der Waals surface area contributed by atoms with Crippen molar-refractivity contribution in [1.29, 1.82) is 0 Å². The summed E-state index contributed by atoms with van der Waals surface area (Å²) in [6.45, 7) is 0.694. The molecule has 34 heavy (non-hydrogen) atoms. The van der Waals surface area contributed by atoms with Crippen LogP contribution in [0, 0.1) is 0 Å². The number of hydrogen-bond donors (Lipinski definition) is 1. The Morgan fingerprint density at radius 3 is 2.26 bits per heavy atom. The van der Waals surface area contributed by atoms with Crippen LogP contribution < -0.4 is 14.2 Å². The third kappa shape index (κ3) is 5.21. The number of anilines is 1. The topological polar surface area (TPSA) is 130 Å². The smallest absolute Gasteiger partial charge is 0.243 e. The number of benzene rings is 1. The van der Waals surface area contributed by atoms with Crippen molar-refractivity contribution in [3.8, 4) is 17.2 Å². The molecular formula is C20H24ClFN6O5S. The number of aromatic nitrogens is 5. The van der Waals surface area contributed by atoms with Gasteiger partial charge >= 0.3 is 0 Å². The lowest BCUT2D eigenvalue weighted by molar-refractivity contribution is 0.0950. The second-order valence-corrected chi connectivity index (χ2v) is 9.47. The van der Waals surface area contributed by atoms with Gasteiger partial charge in [-0.3, -0.25) is 13.7 Å². The van der Waals surface area contributed by atoms with Crippen molar-refractivity contribution >= 4 is 27.6 Å². The molecule has 0 aliphatic carbocycles. The van der Waals surface area contributed by atoms with E-state index in [1.807, 2.05) is 0 Å². The van der Waals surface area contributed by atoms with E-state index in [2.05, 4.69) is 24.9 Å². The van der Waals surface area contributed by atoms with Gasteiger partial charge in [-0.15, -0.1) is 10.2 Å². The van der Waals surface area contributed by atoms with Crippen LogP contribution in [0.5, 0.6) is 11.5 Å². The number of nitrogens with one attached hydrogen (secondary N) is 1. The van der Waals surface area contributed by atoms with Crippen LogP contribution in [-0.4, -0.2) is 66.4 Å². The highest BCUT2D eigenvalue weighted by atomic mass is 35.5. The molecule has 0 saturated carbocycles. The van der Waals surface area contributed by atoms with Crippen molar-refractivity contribution in [3.05, 3.63) is 47.3 Å². The fourth-order valence-corrected chi connectivity index (χ4v) is 4.50. The molecule has 14 heteroatoms. The van der Waals surface area contributed by atoms with E-state index in [9.17, 15) is 12.8 Å². The first-order chi connectivity index (χ1) is 16.3. The molecule has 3 rings (SSSR count). The standard InChI is InChI=1S/C20H24ClFN6O5S/c1-12(18(33-4)19-23-10-13(21)11-24-19)34(29,30)27-20-26-25-16(8-9-22)28(20)17-14(31-2)6-5-7-15(17)32-3/h5-7,10-12,18H,8-9H2,1-4H3,(H,26,27)/t12-,18-/m0/s1. The summed E-state index contributed by atoms with van der Waals surface area (Å²) in [5.41, 5.74) is 0.315. The number of sulfonamides is 1. The van der Waals surface area contributed by atoms with Gasteiger partial charge in [0.2, 0.25) is 16.0 Å². The molecule has 11 nitrogen and oxygen atoms in total. The maximum atomic E-state index is 13.3. The van der Waals surface area contributed by atoms with Crippen molar-refractivity contribution in [2.45, 2.75) is 24.7 Å². The monoisotopic (exact) mass is 514 g/mol. The second kappa shape index (κ2) is 10.9. The van der Waals surface area contributed by atoms with E-state index in [0.717, 1.165) is 0 Å². The zero-order chi connectivity index (χ0) is 24.9. The number of ether oxygens (including phenoxy) is 3. The van der Waals surface area contributed by atoms with Gasteiger partial charge in [-0.25, -0.2) is 18.4 Å². The summed E-state index contributed by atoms with van der Waals surface area (Å²) in [6.07, 6.45) is 1.55. The average molecular weight is 515 g/mol. The third-order valence-corrected chi connectivity index (χ3v) is 6.86. The van der Waals surface area contributed by atoms with Crippen LogP contribution in [0.4, 0.5) is 10.3 Å². The van der Waals surface area contributed by atoms with Gasteiger partial charge < -0.3 is 14.2 Å². The van der Waals surface area contributed by atoms with E-state index in [1.54, 1.807) is 18.2 Å². The molecule has 2 aromatic heterocycles. The van der Waals surface area contributed by atoms with E-state index in [-0.39, 0.29) is 24.0 Å². The Kier molecular flexibility index (Phi) is 8.23. The largest absolute Gasteiger partial charge is 0.494 e. The normalized spacial score (nSPS) is 13.4. The van der Waals surface area contributed by atoms with Gasteiger partial charge in [0, 0.05) is 25.9 Å². The number of halogens is 2. The summed E-state index contributed by atoms with van der Waals surface area (Å²) in [7, 11) is 0.0888. The lowest BCUT2D eigenvalue weighted by Gasteiger charge is -2.22. The van der Waals surface area contributed by atoms with E-state index in [4.69, 9.17) is 25.8 Å². The van der Waals surface area contributed by atoms with Gasteiger partial charge in [0.25, 0.3) is 0 Å². The van der Waals surface area contributed by atoms with Gasteiger partial charge in [-0.1, -0.05) is 17.7 Å². The number of alkyl halides is 1. The molecule has 0 spiro atoms. The quantitative estimate of drug-likeness (QED) is 0.410. The first-order valence-electron chi connectivity index (χ1n) is 10.0. The molecule has 0 saturated heterocycles. The minimum absolute atomic E-state index is 0.120. The average Bonchev–Trinajstić information content (AvgIpc) is 3.21. The van der Waals surface area contributed by atoms with E-state index in [0.29, 0.717) is 22.2 Å². The van der Waals surface area contributed by atoms with Crippen LogP contribution >= 0.6 is 11.6 Å². The highest BCUT2D eigenvalue weighted by molar-refractivity contribution is 7.93. The molecule has 1 N–H and O–H groups in total. The van der Waals surface area contributed by atoms with Crippen LogP contribution in [0.3, 0.4) is 0 Å². The molecule has 0 fully saturated rings. The maximum Gasteiger partial charge on any atom is 0.243 e. The van der Waals surface area contributed by atoms with Gasteiger partial charge in [0.05, 0.1) is 25.9 Å². The van der Waals surface area contributed by atoms with Gasteiger partial charge in [-0.2, -0.15) is 0 Å². The van der Waals surface area contributed by atoms with Crippen molar-refractivity contribution in [3.63, 3.8) is 0 Å².